The second kappa shape index (κ2) is 6.22. The molecule has 0 aliphatic carbocycles. The molecule has 1 atom stereocenters. The molecule has 1 aromatic carbocycles. The molecule has 114 valence electrons. The third-order valence-electron chi connectivity index (χ3n) is 3.64. The third kappa shape index (κ3) is 3.67. The van der Waals surface area contributed by atoms with E-state index in [1.165, 1.54) is 4.90 Å². The molecule has 2 amide bonds. The molecule has 1 saturated heterocycles. The topological polar surface area (TPSA) is 83.6 Å². The van der Waals surface area contributed by atoms with Gasteiger partial charge in [0, 0.05) is 16.6 Å². The van der Waals surface area contributed by atoms with Crippen LogP contribution in [0.25, 0.3) is 0 Å². The van der Waals surface area contributed by atoms with Crippen LogP contribution in [0.2, 0.25) is 10.0 Å². The Morgan fingerprint density at radius 2 is 2.10 bits per heavy atom. The molecule has 21 heavy (non-hydrogen) atoms. The van der Waals surface area contributed by atoms with Gasteiger partial charge < -0.3 is 15.7 Å². The monoisotopic (exact) mass is 330 g/mol. The Labute approximate surface area is 132 Å². The standard InChI is InChI=1S/C14H16Cl2N2O3/c15-10-3-2-9(11(16)7-10)6-12(19)18-5-1-4-14(21,8-18)13(17)20/h2-3,7,21H,1,4-6,8H2,(H2,17,20). The summed E-state index contributed by atoms with van der Waals surface area (Å²) in [6.07, 6.45) is 0.887. The average Bonchev–Trinajstić information content (AvgIpc) is 2.41. The first kappa shape index (κ1) is 16.1. The van der Waals surface area contributed by atoms with Crippen LogP contribution in [-0.2, 0) is 16.0 Å². The molecule has 1 aliphatic rings. The lowest BCUT2D eigenvalue weighted by Crippen LogP contribution is -2.57. The van der Waals surface area contributed by atoms with E-state index in [9.17, 15) is 14.7 Å². The summed E-state index contributed by atoms with van der Waals surface area (Å²) in [4.78, 5) is 25.0. The quantitative estimate of drug-likeness (QED) is 0.878. The van der Waals surface area contributed by atoms with Gasteiger partial charge in [0.2, 0.25) is 5.91 Å². The van der Waals surface area contributed by atoms with Gasteiger partial charge >= 0.3 is 0 Å². The Morgan fingerprint density at radius 1 is 1.38 bits per heavy atom. The Morgan fingerprint density at radius 3 is 2.71 bits per heavy atom. The first-order valence-corrected chi connectivity index (χ1v) is 7.31. The van der Waals surface area contributed by atoms with Gasteiger partial charge in [-0.25, -0.2) is 0 Å². The zero-order valence-electron chi connectivity index (χ0n) is 11.3. The van der Waals surface area contributed by atoms with Crippen molar-refractivity contribution < 1.29 is 14.7 Å². The van der Waals surface area contributed by atoms with E-state index in [2.05, 4.69) is 0 Å². The maximum atomic E-state index is 12.3. The highest BCUT2D eigenvalue weighted by molar-refractivity contribution is 6.35. The highest BCUT2D eigenvalue weighted by Gasteiger charge is 2.40. The van der Waals surface area contributed by atoms with Crippen molar-refractivity contribution in [3.05, 3.63) is 33.8 Å². The summed E-state index contributed by atoms with van der Waals surface area (Å²) < 4.78 is 0. The van der Waals surface area contributed by atoms with E-state index in [4.69, 9.17) is 28.9 Å². The summed E-state index contributed by atoms with van der Waals surface area (Å²) >= 11 is 11.9. The lowest BCUT2D eigenvalue weighted by molar-refractivity contribution is -0.148. The Hall–Kier alpha value is -1.30. The number of halogens is 2. The van der Waals surface area contributed by atoms with E-state index in [0.29, 0.717) is 28.6 Å². The van der Waals surface area contributed by atoms with Gasteiger partial charge in [-0.05, 0) is 30.5 Å². The fourth-order valence-electron chi connectivity index (χ4n) is 2.39. The molecule has 7 heteroatoms. The molecule has 0 spiro atoms. The molecule has 1 unspecified atom stereocenters. The molecule has 1 aliphatic heterocycles. The molecule has 1 fully saturated rings. The van der Waals surface area contributed by atoms with Crippen LogP contribution in [0.15, 0.2) is 18.2 Å². The average molecular weight is 331 g/mol. The zero-order valence-corrected chi connectivity index (χ0v) is 12.8. The molecule has 5 nitrogen and oxygen atoms in total. The molecule has 1 heterocycles. The predicted molar refractivity (Wildman–Crippen MR) is 80.1 cm³/mol. The van der Waals surface area contributed by atoms with Crippen molar-refractivity contribution in [2.45, 2.75) is 24.9 Å². The van der Waals surface area contributed by atoms with Gasteiger partial charge in [0.05, 0.1) is 13.0 Å². The third-order valence-corrected chi connectivity index (χ3v) is 4.23. The predicted octanol–water partition coefficient (Wildman–Crippen LogP) is 1.37. The largest absolute Gasteiger partial charge is 0.378 e. The first-order valence-electron chi connectivity index (χ1n) is 6.56. The maximum absolute atomic E-state index is 12.3. The van der Waals surface area contributed by atoms with Crippen molar-refractivity contribution >= 4 is 35.0 Å². The number of hydrogen-bond donors (Lipinski definition) is 2. The van der Waals surface area contributed by atoms with Crippen LogP contribution in [0.1, 0.15) is 18.4 Å². The van der Waals surface area contributed by atoms with Crippen molar-refractivity contribution in [2.75, 3.05) is 13.1 Å². The number of likely N-dealkylation sites (tertiary alicyclic amines) is 1. The first-order chi connectivity index (χ1) is 9.82. The number of carbonyl (C=O) groups excluding carboxylic acids is 2. The maximum Gasteiger partial charge on any atom is 0.251 e. The van der Waals surface area contributed by atoms with Gasteiger partial charge in [-0.2, -0.15) is 0 Å². The number of β-amino-alcohol motifs (C(OH)–C–C–N with tert-alkyl or cyclic N) is 1. The number of carbonyl (C=O) groups is 2. The van der Waals surface area contributed by atoms with Crippen LogP contribution in [0, 0.1) is 0 Å². The van der Waals surface area contributed by atoms with Crippen molar-refractivity contribution in [2.24, 2.45) is 5.73 Å². The molecular formula is C14H16Cl2N2O3. The summed E-state index contributed by atoms with van der Waals surface area (Å²) in [6.45, 7) is 0.409. The fourth-order valence-corrected chi connectivity index (χ4v) is 2.87. The van der Waals surface area contributed by atoms with Crippen LogP contribution in [0.5, 0.6) is 0 Å². The van der Waals surface area contributed by atoms with Crippen molar-refractivity contribution in [1.29, 1.82) is 0 Å². The van der Waals surface area contributed by atoms with Gasteiger partial charge in [0.1, 0.15) is 0 Å². The van der Waals surface area contributed by atoms with Crippen LogP contribution >= 0.6 is 23.2 Å². The molecule has 0 bridgehead atoms. The molecular weight excluding hydrogens is 315 g/mol. The van der Waals surface area contributed by atoms with Crippen LogP contribution in [-0.4, -0.2) is 40.5 Å². The fraction of sp³-hybridized carbons (Fsp3) is 0.429. The summed E-state index contributed by atoms with van der Waals surface area (Å²) in [5.41, 5.74) is 4.21. The van der Waals surface area contributed by atoms with Crippen LogP contribution < -0.4 is 5.73 Å². The molecule has 0 radical (unpaired) electrons. The van der Waals surface area contributed by atoms with Crippen molar-refractivity contribution in [3.63, 3.8) is 0 Å². The minimum atomic E-state index is -1.64. The number of benzene rings is 1. The van der Waals surface area contributed by atoms with Gasteiger partial charge in [-0.3, -0.25) is 9.59 Å². The number of primary amides is 1. The number of nitrogens with two attached hydrogens (primary N) is 1. The lowest BCUT2D eigenvalue weighted by atomic mass is 9.92. The van der Waals surface area contributed by atoms with E-state index in [0.717, 1.165) is 0 Å². The molecule has 0 aromatic heterocycles. The second-order valence-electron chi connectivity index (χ2n) is 5.23. The van der Waals surface area contributed by atoms with E-state index in [1.807, 2.05) is 0 Å². The molecule has 1 aromatic rings. The number of piperidine rings is 1. The Kier molecular flexibility index (Phi) is 4.76. The summed E-state index contributed by atoms with van der Waals surface area (Å²) in [6, 6.07) is 4.92. The van der Waals surface area contributed by atoms with Crippen LogP contribution in [0.3, 0.4) is 0 Å². The van der Waals surface area contributed by atoms with Gasteiger partial charge in [-0.15, -0.1) is 0 Å². The number of rotatable bonds is 3. The summed E-state index contributed by atoms with van der Waals surface area (Å²) in [5.74, 6) is -1.01. The minimum absolute atomic E-state index is 0.0770. The molecule has 3 N–H and O–H groups in total. The number of amides is 2. The summed E-state index contributed by atoms with van der Waals surface area (Å²) in [7, 11) is 0. The Balaban J connectivity index is 2.08. The van der Waals surface area contributed by atoms with Crippen LogP contribution in [0.4, 0.5) is 0 Å². The number of hydrogen-bond acceptors (Lipinski definition) is 3. The number of aliphatic hydroxyl groups is 1. The second-order valence-corrected chi connectivity index (χ2v) is 6.07. The zero-order chi connectivity index (χ0) is 15.6. The minimum Gasteiger partial charge on any atom is -0.378 e. The SMILES string of the molecule is NC(=O)C1(O)CCCN(C(=O)Cc2ccc(Cl)cc2Cl)C1. The van der Waals surface area contributed by atoms with E-state index >= 15 is 0 Å². The lowest BCUT2D eigenvalue weighted by Gasteiger charge is -2.37. The van der Waals surface area contributed by atoms with E-state index < -0.39 is 11.5 Å². The van der Waals surface area contributed by atoms with Gasteiger partial charge in [0.15, 0.2) is 5.60 Å². The van der Waals surface area contributed by atoms with E-state index in [1.54, 1.807) is 18.2 Å². The summed E-state index contributed by atoms with van der Waals surface area (Å²) in [5, 5.41) is 11.0. The molecule has 0 saturated carbocycles. The van der Waals surface area contributed by atoms with Crippen molar-refractivity contribution in [1.82, 2.24) is 4.90 Å². The smallest absolute Gasteiger partial charge is 0.251 e. The molecule has 2 rings (SSSR count). The van der Waals surface area contributed by atoms with Crippen molar-refractivity contribution in [3.8, 4) is 0 Å². The highest BCUT2D eigenvalue weighted by atomic mass is 35.5. The number of nitrogens with zero attached hydrogens (tertiary/aromatic N) is 1. The van der Waals surface area contributed by atoms with Gasteiger partial charge in [-0.1, -0.05) is 29.3 Å². The van der Waals surface area contributed by atoms with E-state index in [-0.39, 0.29) is 25.3 Å². The Bertz CT molecular complexity index is 579. The normalized spacial score (nSPS) is 22.1. The van der Waals surface area contributed by atoms with Gasteiger partial charge in [0.25, 0.3) is 5.91 Å². The highest BCUT2D eigenvalue weighted by Crippen LogP contribution is 2.24.